The lowest BCUT2D eigenvalue weighted by atomic mass is 9.95. The molecule has 0 saturated heterocycles. The van der Waals surface area contributed by atoms with Gasteiger partial charge in [-0.15, -0.1) is 11.3 Å². The first-order chi connectivity index (χ1) is 15.7. The quantitative estimate of drug-likeness (QED) is 0.539. The minimum atomic E-state index is -0.373. The third kappa shape index (κ3) is 3.84. The average molecular weight is 454 g/mol. The molecule has 7 heteroatoms. The number of aryl methyl sites for hydroxylation is 1. The third-order valence-electron chi connectivity index (χ3n) is 6.41. The van der Waals surface area contributed by atoms with Crippen molar-refractivity contribution in [3.05, 3.63) is 75.7 Å². The van der Waals surface area contributed by atoms with E-state index in [4.69, 9.17) is 4.74 Å². The zero-order chi connectivity index (χ0) is 22.1. The number of carbonyl (C=O) groups excluding carboxylic acids is 1. The van der Waals surface area contributed by atoms with Crippen molar-refractivity contribution in [2.45, 2.75) is 44.7 Å². The highest BCUT2D eigenvalue weighted by Crippen LogP contribution is 2.44. The molecular weight excluding hydrogens is 425 g/mol. The molecule has 0 bridgehead atoms. The molecule has 0 radical (unpaired) electrons. The zero-order valence-corrected chi connectivity index (χ0v) is 19.1. The van der Waals surface area contributed by atoms with Gasteiger partial charge in [0.25, 0.3) is 0 Å². The van der Waals surface area contributed by atoms with Crippen molar-refractivity contribution < 1.29 is 13.9 Å². The number of thiophene rings is 1. The number of hydrogen-bond acceptors (Lipinski definition) is 3. The number of urea groups is 1. The van der Waals surface area contributed by atoms with Crippen LogP contribution in [0.4, 0.5) is 9.18 Å². The Balaban J connectivity index is 1.60. The highest BCUT2D eigenvalue weighted by molar-refractivity contribution is 7.15. The van der Waals surface area contributed by atoms with Crippen molar-refractivity contribution >= 4 is 17.4 Å². The molecule has 1 aliphatic heterocycles. The molecule has 32 heavy (non-hydrogen) atoms. The number of hydrogen-bond donors (Lipinski definition) is 1. The zero-order valence-electron chi connectivity index (χ0n) is 18.3. The number of rotatable bonds is 5. The Labute approximate surface area is 191 Å². The molecule has 2 aromatic heterocycles. The van der Waals surface area contributed by atoms with Crippen molar-refractivity contribution in [2.24, 2.45) is 0 Å². The van der Waals surface area contributed by atoms with Crippen LogP contribution in [-0.2, 0) is 24.1 Å². The molecule has 2 amide bonds. The molecule has 0 saturated carbocycles. The van der Waals surface area contributed by atoms with Gasteiger partial charge in [-0.25, -0.2) is 9.18 Å². The van der Waals surface area contributed by atoms with Crippen LogP contribution in [0.3, 0.4) is 0 Å². The van der Waals surface area contributed by atoms with Crippen LogP contribution < -0.4 is 5.32 Å². The van der Waals surface area contributed by atoms with Crippen LogP contribution in [0.5, 0.6) is 0 Å². The Kier molecular flexibility index (Phi) is 6.02. The van der Waals surface area contributed by atoms with Crippen molar-refractivity contribution in [3.63, 3.8) is 0 Å². The Morgan fingerprint density at radius 1 is 1.22 bits per heavy atom. The maximum absolute atomic E-state index is 14.2. The number of fused-ring (bicyclic) bond motifs is 5. The van der Waals surface area contributed by atoms with Crippen LogP contribution in [0.25, 0.3) is 5.00 Å². The molecule has 1 aromatic carbocycles. The molecule has 3 heterocycles. The van der Waals surface area contributed by atoms with Crippen LogP contribution in [0.2, 0.25) is 0 Å². The van der Waals surface area contributed by atoms with E-state index in [1.165, 1.54) is 39.9 Å². The van der Waals surface area contributed by atoms with Crippen molar-refractivity contribution in [1.29, 1.82) is 0 Å². The maximum atomic E-state index is 14.2. The number of amides is 2. The second-order valence-electron chi connectivity index (χ2n) is 8.46. The van der Waals surface area contributed by atoms with E-state index in [1.807, 2.05) is 28.4 Å². The SMILES string of the molecule is COCCCNC(=O)N1Cc2c(sc3c2CCCC3)-n2cccc2[C@@H]1c1cccc(F)c1. The van der Waals surface area contributed by atoms with Crippen molar-refractivity contribution in [1.82, 2.24) is 14.8 Å². The minimum Gasteiger partial charge on any atom is -0.385 e. The number of benzene rings is 1. The second kappa shape index (κ2) is 9.08. The van der Waals surface area contributed by atoms with Gasteiger partial charge in [0.1, 0.15) is 10.8 Å². The number of carbonyl (C=O) groups is 1. The number of nitrogens with zero attached hydrogens (tertiary/aromatic N) is 2. The molecule has 0 fully saturated rings. The molecule has 3 aromatic rings. The van der Waals surface area contributed by atoms with Gasteiger partial charge in [-0.05, 0) is 67.5 Å². The number of halogens is 1. The minimum absolute atomic E-state index is 0.133. The average Bonchev–Trinajstić information content (AvgIpc) is 3.38. The Bertz CT molecular complexity index is 1120. The number of aromatic nitrogens is 1. The molecule has 5 nitrogen and oxygen atoms in total. The Morgan fingerprint density at radius 2 is 2.09 bits per heavy atom. The predicted octanol–water partition coefficient (Wildman–Crippen LogP) is 5.21. The summed E-state index contributed by atoms with van der Waals surface area (Å²) in [5.74, 6) is -0.294. The van der Waals surface area contributed by atoms with Gasteiger partial charge < -0.3 is 19.5 Å². The topological polar surface area (TPSA) is 46.5 Å². The molecule has 1 N–H and O–H groups in total. The summed E-state index contributed by atoms with van der Waals surface area (Å²) < 4.78 is 21.6. The van der Waals surface area contributed by atoms with E-state index >= 15 is 0 Å². The first-order valence-corrected chi connectivity index (χ1v) is 12.1. The first-order valence-electron chi connectivity index (χ1n) is 11.3. The highest BCUT2D eigenvalue weighted by atomic mass is 32.1. The fourth-order valence-corrected chi connectivity index (χ4v) is 6.33. The molecule has 1 aliphatic carbocycles. The summed E-state index contributed by atoms with van der Waals surface area (Å²) in [6.45, 7) is 1.65. The molecule has 5 rings (SSSR count). The van der Waals surface area contributed by atoms with E-state index in [0.29, 0.717) is 19.7 Å². The molecule has 168 valence electrons. The van der Waals surface area contributed by atoms with Gasteiger partial charge in [0.15, 0.2) is 0 Å². The van der Waals surface area contributed by atoms with Gasteiger partial charge in [-0.3, -0.25) is 0 Å². The van der Waals surface area contributed by atoms with E-state index < -0.39 is 0 Å². The maximum Gasteiger partial charge on any atom is 0.318 e. The number of nitrogens with one attached hydrogen (secondary N) is 1. The summed E-state index contributed by atoms with van der Waals surface area (Å²) in [4.78, 5) is 16.8. The van der Waals surface area contributed by atoms with Crippen molar-refractivity contribution in [2.75, 3.05) is 20.3 Å². The van der Waals surface area contributed by atoms with Crippen LogP contribution in [-0.4, -0.2) is 35.8 Å². The third-order valence-corrected chi connectivity index (χ3v) is 7.74. The standard InChI is InChI=1S/C25H28FN3O2S/c1-31-14-6-12-27-25(30)29-16-20-19-9-2-3-11-22(19)32-24(20)28-13-5-10-21(28)23(29)17-7-4-8-18(26)15-17/h4-5,7-8,10,13,15,23H,2-3,6,9,11-12,14,16H2,1H3,(H,27,30)/t23-/m0/s1. The van der Waals surface area contributed by atoms with Crippen molar-refractivity contribution in [3.8, 4) is 5.00 Å². The van der Waals surface area contributed by atoms with E-state index in [1.54, 1.807) is 19.2 Å². The van der Waals surface area contributed by atoms with Gasteiger partial charge in [0, 0.05) is 36.9 Å². The van der Waals surface area contributed by atoms with E-state index in [-0.39, 0.29) is 17.9 Å². The normalized spacial score (nSPS) is 17.3. The molecule has 1 atom stereocenters. The van der Waals surface area contributed by atoms with Crippen LogP contribution in [0.1, 0.15) is 52.6 Å². The monoisotopic (exact) mass is 453 g/mol. The number of ether oxygens (including phenoxy) is 1. The van der Waals surface area contributed by atoms with E-state index in [2.05, 4.69) is 22.1 Å². The van der Waals surface area contributed by atoms with E-state index in [9.17, 15) is 9.18 Å². The molecule has 2 aliphatic rings. The Hall–Kier alpha value is -2.64. The molecule has 0 spiro atoms. The fourth-order valence-electron chi connectivity index (χ4n) is 4.93. The largest absolute Gasteiger partial charge is 0.385 e. The first kappa shape index (κ1) is 21.2. The Morgan fingerprint density at radius 3 is 2.94 bits per heavy atom. The lowest BCUT2D eigenvalue weighted by molar-refractivity contribution is 0.174. The van der Waals surface area contributed by atoms with Crippen LogP contribution in [0, 0.1) is 5.82 Å². The molecular formula is C25H28FN3O2S. The lowest BCUT2D eigenvalue weighted by Crippen LogP contribution is -2.42. The van der Waals surface area contributed by atoms with Gasteiger partial charge in [0.2, 0.25) is 0 Å². The summed E-state index contributed by atoms with van der Waals surface area (Å²) in [5.41, 5.74) is 4.42. The molecule has 0 unspecified atom stereocenters. The smallest absolute Gasteiger partial charge is 0.318 e. The van der Waals surface area contributed by atoms with Gasteiger partial charge in [-0.1, -0.05) is 12.1 Å². The summed E-state index contributed by atoms with van der Waals surface area (Å²) >= 11 is 1.85. The van der Waals surface area contributed by atoms with Gasteiger partial charge >= 0.3 is 6.03 Å². The van der Waals surface area contributed by atoms with E-state index in [0.717, 1.165) is 30.5 Å². The summed E-state index contributed by atoms with van der Waals surface area (Å²) in [7, 11) is 1.66. The number of methoxy groups -OCH3 is 1. The highest BCUT2D eigenvalue weighted by Gasteiger charge is 2.36. The second-order valence-corrected chi connectivity index (χ2v) is 9.55. The lowest BCUT2D eigenvalue weighted by Gasteiger charge is -2.31. The fraction of sp³-hybridized carbons (Fsp3) is 0.400. The van der Waals surface area contributed by atoms with Gasteiger partial charge in [-0.2, -0.15) is 0 Å². The summed E-state index contributed by atoms with van der Waals surface area (Å²) in [5, 5.41) is 4.26. The van der Waals surface area contributed by atoms with Gasteiger partial charge in [0.05, 0.1) is 18.3 Å². The predicted molar refractivity (Wildman–Crippen MR) is 124 cm³/mol. The summed E-state index contributed by atoms with van der Waals surface area (Å²) in [6, 6.07) is 10.2. The summed E-state index contributed by atoms with van der Waals surface area (Å²) in [6.07, 6.45) is 7.40. The van der Waals surface area contributed by atoms with Crippen LogP contribution in [0.15, 0.2) is 42.6 Å². The van der Waals surface area contributed by atoms with Crippen LogP contribution >= 0.6 is 11.3 Å².